The van der Waals surface area contributed by atoms with Gasteiger partial charge in [0, 0.05) is 12.6 Å². The van der Waals surface area contributed by atoms with Crippen LogP contribution in [-0.2, 0) is 9.59 Å². The van der Waals surface area contributed by atoms with Crippen molar-refractivity contribution >= 4 is 23.5 Å². The third-order valence-electron chi connectivity index (χ3n) is 1.95. The quantitative estimate of drug-likeness (QED) is 0.777. The van der Waals surface area contributed by atoms with Gasteiger partial charge < -0.3 is 15.5 Å². The number of amides is 1. The second-order valence-electron chi connectivity index (χ2n) is 4.06. The van der Waals surface area contributed by atoms with Gasteiger partial charge in [0.1, 0.15) is 0 Å². The number of benzene rings is 1. The second kappa shape index (κ2) is 7.86. The third kappa shape index (κ3) is 7.54. The Labute approximate surface area is 111 Å². The highest BCUT2D eigenvalue weighted by molar-refractivity contribution is 5.91. The zero-order valence-electron chi connectivity index (χ0n) is 11.0. The number of rotatable bonds is 3. The van der Waals surface area contributed by atoms with E-state index in [0.29, 0.717) is 5.69 Å². The Kier molecular flexibility index (Phi) is 6.88. The molecule has 0 aliphatic carbocycles. The molecule has 3 N–H and O–H groups in total. The van der Waals surface area contributed by atoms with E-state index in [9.17, 15) is 14.4 Å². The van der Waals surface area contributed by atoms with Crippen LogP contribution >= 0.6 is 0 Å². The fourth-order valence-corrected chi connectivity index (χ4v) is 0.899. The van der Waals surface area contributed by atoms with Crippen LogP contribution in [0.25, 0.3) is 0 Å². The van der Waals surface area contributed by atoms with Crippen LogP contribution in [0.15, 0.2) is 24.3 Å². The first kappa shape index (κ1) is 16.6. The summed E-state index contributed by atoms with van der Waals surface area (Å²) in [4.78, 5) is 30.8. The van der Waals surface area contributed by atoms with Crippen molar-refractivity contribution in [2.45, 2.75) is 20.8 Å². The van der Waals surface area contributed by atoms with Gasteiger partial charge in [-0.3, -0.25) is 9.59 Å². The zero-order chi connectivity index (χ0) is 15.0. The maximum atomic E-state index is 10.6. The van der Waals surface area contributed by atoms with Crippen LogP contribution in [0.2, 0.25) is 0 Å². The number of aromatic carboxylic acids is 1. The number of hydrogen-bond acceptors (Lipinski definition) is 3. The lowest BCUT2D eigenvalue weighted by atomic mass is 10.2. The molecule has 0 saturated heterocycles. The molecule has 19 heavy (non-hydrogen) atoms. The van der Waals surface area contributed by atoms with Crippen LogP contribution in [0.3, 0.4) is 0 Å². The van der Waals surface area contributed by atoms with E-state index < -0.39 is 11.9 Å². The number of carbonyl (C=O) groups excluding carboxylic acids is 1. The summed E-state index contributed by atoms with van der Waals surface area (Å²) >= 11 is 0. The van der Waals surface area contributed by atoms with Gasteiger partial charge in [-0.05, 0) is 24.3 Å². The van der Waals surface area contributed by atoms with Gasteiger partial charge in [0.2, 0.25) is 5.91 Å². The largest absolute Gasteiger partial charge is 0.481 e. The predicted molar refractivity (Wildman–Crippen MR) is 70.2 cm³/mol. The maximum absolute atomic E-state index is 10.6. The molecule has 0 aliphatic rings. The fraction of sp³-hybridized carbons (Fsp3) is 0.308. The Balaban J connectivity index is 0.000000459. The van der Waals surface area contributed by atoms with E-state index >= 15 is 0 Å². The molecule has 0 bridgehead atoms. The lowest BCUT2D eigenvalue weighted by Gasteiger charge is -2.01. The molecule has 0 radical (unpaired) electrons. The van der Waals surface area contributed by atoms with E-state index in [2.05, 4.69) is 5.32 Å². The first-order valence-electron chi connectivity index (χ1n) is 5.57. The summed E-state index contributed by atoms with van der Waals surface area (Å²) in [5.74, 6) is -2.13. The van der Waals surface area contributed by atoms with Crippen LogP contribution in [-0.4, -0.2) is 28.1 Å². The highest BCUT2D eigenvalue weighted by atomic mass is 16.4. The molecule has 6 heteroatoms. The predicted octanol–water partition coefficient (Wildman–Crippen LogP) is 2.07. The summed E-state index contributed by atoms with van der Waals surface area (Å²) in [5, 5.41) is 19.1. The number of aliphatic carboxylic acids is 1. The Hall–Kier alpha value is -2.37. The Bertz CT molecular complexity index is 451. The van der Waals surface area contributed by atoms with Crippen molar-refractivity contribution < 1.29 is 24.6 Å². The maximum Gasteiger partial charge on any atom is 0.335 e. The monoisotopic (exact) mass is 267 g/mol. The molecule has 6 nitrogen and oxygen atoms in total. The first-order chi connectivity index (χ1) is 8.73. The third-order valence-corrected chi connectivity index (χ3v) is 1.95. The van der Waals surface area contributed by atoms with E-state index in [1.54, 1.807) is 26.0 Å². The number of anilines is 1. The van der Waals surface area contributed by atoms with Crippen molar-refractivity contribution in [3.63, 3.8) is 0 Å². The summed E-state index contributed by atoms with van der Waals surface area (Å²) in [6.45, 7) is 4.68. The van der Waals surface area contributed by atoms with Gasteiger partial charge >= 0.3 is 11.9 Å². The highest BCUT2D eigenvalue weighted by Crippen LogP contribution is 2.08. The minimum absolute atomic E-state index is 0.178. The summed E-state index contributed by atoms with van der Waals surface area (Å²) in [7, 11) is 0. The molecule has 0 aliphatic heterocycles. The molecule has 1 aromatic rings. The van der Waals surface area contributed by atoms with E-state index in [1.165, 1.54) is 19.1 Å². The average molecular weight is 267 g/mol. The van der Waals surface area contributed by atoms with Gasteiger partial charge in [-0.2, -0.15) is 0 Å². The average Bonchev–Trinajstić information content (AvgIpc) is 2.29. The standard InChI is InChI=1S/C9H9NO3.C4H8O2/c1-6(11)10-8-4-2-7(3-5-8)9(12)13;1-3(2)4(5)6/h2-5H,1H3,(H,10,11)(H,12,13);3H,1-2H3,(H,5,6). The topological polar surface area (TPSA) is 104 Å². The molecule has 0 saturated carbocycles. The van der Waals surface area contributed by atoms with Gasteiger partial charge in [0.15, 0.2) is 0 Å². The van der Waals surface area contributed by atoms with Crippen molar-refractivity contribution in [2.24, 2.45) is 5.92 Å². The molecule has 0 aromatic heterocycles. The van der Waals surface area contributed by atoms with Crippen molar-refractivity contribution in [3.05, 3.63) is 29.8 Å². The fourth-order valence-electron chi connectivity index (χ4n) is 0.899. The molecule has 0 heterocycles. The van der Waals surface area contributed by atoms with Gasteiger partial charge in [0.25, 0.3) is 0 Å². The van der Waals surface area contributed by atoms with Crippen LogP contribution in [0.4, 0.5) is 5.69 Å². The highest BCUT2D eigenvalue weighted by Gasteiger charge is 2.01. The first-order valence-corrected chi connectivity index (χ1v) is 5.57. The number of carboxylic acids is 2. The zero-order valence-corrected chi connectivity index (χ0v) is 11.0. The van der Waals surface area contributed by atoms with Crippen molar-refractivity contribution in [1.82, 2.24) is 0 Å². The Morgan fingerprint density at radius 3 is 1.74 bits per heavy atom. The van der Waals surface area contributed by atoms with Crippen LogP contribution in [0, 0.1) is 5.92 Å². The number of carbonyl (C=O) groups is 3. The van der Waals surface area contributed by atoms with E-state index in [0.717, 1.165) is 0 Å². The Morgan fingerprint density at radius 1 is 1.05 bits per heavy atom. The number of hydrogen-bond donors (Lipinski definition) is 3. The molecule has 0 fully saturated rings. The number of carboxylic acid groups (broad SMARTS) is 2. The molecule has 0 spiro atoms. The minimum atomic E-state index is -0.977. The van der Waals surface area contributed by atoms with E-state index in [1.807, 2.05) is 0 Å². The van der Waals surface area contributed by atoms with E-state index in [-0.39, 0.29) is 17.4 Å². The lowest BCUT2D eigenvalue weighted by molar-refractivity contribution is -0.140. The van der Waals surface area contributed by atoms with Crippen molar-refractivity contribution in [1.29, 1.82) is 0 Å². The van der Waals surface area contributed by atoms with Crippen LogP contribution in [0.1, 0.15) is 31.1 Å². The molecule has 104 valence electrons. The minimum Gasteiger partial charge on any atom is -0.481 e. The van der Waals surface area contributed by atoms with Gasteiger partial charge in [-0.1, -0.05) is 13.8 Å². The summed E-state index contributed by atoms with van der Waals surface area (Å²) in [5.41, 5.74) is 0.798. The van der Waals surface area contributed by atoms with Gasteiger partial charge in [0.05, 0.1) is 11.5 Å². The normalized spacial score (nSPS) is 9.26. The molecule has 1 rings (SSSR count). The van der Waals surface area contributed by atoms with Crippen molar-refractivity contribution in [2.75, 3.05) is 5.32 Å². The van der Waals surface area contributed by atoms with E-state index in [4.69, 9.17) is 10.2 Å². The molecule has 0 unspecified atom stereocenters. The summed E-state index contributed by atoms with van der Waals surface area (Å²) in [6, 6.07) is 5.97. The Morgan fingerprint density at radius 2 is 1.47 bits per heavy atom. The lowest BCUT2D eigenvalue weighted by Crippen LogP contribution is -2.05. The van der Waals surface area contributed by atoms with Crippen LogP contribution in [0.5, 0.6) is 0 Å². The van der Waals surface area contributed by atoms with Crippen molar-refractivity contribution in [3.8, 4) is 0 Å². The van der Waals surface area contributed by atoms with Gasteiger partial charge in [-0.25, -0.2) is 4.79 Å². The smallest absolute Gasteiger partial charge is 0.335 e. The summed E-state index contributed by atoms with van der Waals surface area (Å²) in [6.07, 6.45) is 0. The molecule has 0 atom stereocenters. The van der Waals surface area contributed by atoms with Crippen LogP contribution < -0.4 is 5.32 Å². The molecular weight excluding hydrogens is 250 g/mol. The summed E-state index contributed by atoms with van der Waals surface area (Å²) < 4.78 is 0. The molecular formula is C13H17NO5. The number of nitrogens with one attached hydrogen (secondary N) is 1. The SMILES string of the molecule is CC(=O)Nc1ccc(C(=O)O)cc1.CC(C)C(=O)O. The molecule has 1 amide bonds. The second-order valence-corrected chi connectivity index (χ2v) is 4.06. The molecule has 1 aromatic carbocycles. The van der Waals surface area contributed by atoms with Gasteiger partial charge in [-0.15, -0.1) is 0 Å².